The lowest BCUT2D eigenvalue weighted by Gasteiger charge is -2.02. The zero-order valence-corrected chi connectivity index (χ0v) is 8.33. The van der Waals surface area contributed by atoms with Crippen molar-refractivity contribution in [3.63, 3.8) is 0 Å². The fourth-order valence-electron chi connectivity index (χ4n) is 1.37. The van der Waals surface area contributed by atoms with Gasteiger partial charge in [0.05, 0.1) is 18.2 Å². The van der Waals surface area contributed by atoms with Gasteiger partial charge in [-0.3, -0.25) is 4.98 Å². The number of methoxy groups -OCH3 is 1. The van der Waals surface area contributed by atoms with Gasteiger partial charge in [0.1, 0.15) is 0 Å². The number of carbonyl (C=O) groups is 1. The number of benzene rings is 1. The fourth-order valence-corrected chi connectivity index (χ4v) is 1.37. The highest BCUT2D eigenvalue weighted by molar-refractivity contribution is 5.93. The normalized spacial score (nSPS) is 10.4. The zero-order valence-electron chi connectivity index (χ0n) is 8.33. The van der Waals surface area contributed by atoms with Crippen LogP contribution < -0.4 is 0 Å². The summed E-state index contributed by atoms with van der Waals surface area (Å²) in [4.78, 5) is 15.0. The molecule has 3 nitrogen and oxygen atoms in total. The highest BCUT2D eigenvalue weighted by Crippen LogP contribution is 2.19. The van der Waals surface area contributed by atoms with Gasteiger partial charge in [0, 0.05) is 11.6 Å². The number of ether oxygens (including phenoxy) is 1. The van der Waals surface area contributed by atoms with E-state index < -0.39 is 17.6 Å². The van der Waals surface area contributed by atoms with Crippen molar-refractivity contribution in [3.8, 4) is 0 Å². The van der Waals surface area contributed by atoms with Crippen LogP contribution in [0.25, 0.3) is 10.9 Å². The summed E-state index contributed by atoms with van der Waals surface area (Å²) in [5.41, 5.74) is 0.367. The minimum atomic E-state index is -1.02. The molecule has 1 aromatic carbocycles. The van der Waals surface area contributed by atoms with Crippen LogP contribution in [0.3, 0.4) is 0 Å². The van der Waals surface area contributed by atoms with Gasteiger partial charge in [-0.2, -0.15) is 0 Å². The molecule has 0 aliphatic heterocycles. The summed E-state index contributed by atoms with van der Waals surface area (Å²) in [5, 5.41) is -0.0390. The number of esters is 1. The molecule has 0 aliphatic carbocycles. The molecule has 0 aliphatic rings. The van der Waals surface area contributed by atoms with E-state index in [4.69, 9.17) is 0 Å². The number of halogens is 2. The third-order valence-electron chi connectivity index (χ3n) is 2.17. The molecule has 0 N–H and O–H groups in total. The summed E-state index contributed by atoms with van der Waals surface area (Å²) in [6.07, 6.45) is 1.26. The molecular weight excluding hydrogens is 216 g/mol. The summed E-state index contributed by atoms with van der Waals surface area (Å²) in [6, 6.07) is 3.55. The van der Waals surface area contributed by atoms with Crippen molar-refractivity contribution in [2.45, 2.75) is 0 Å². The topological polar surface area (TPSA) is 39.2 Å². The second kappa shape index (κ2) is 3.84. The first-order chi connectivity index (χ1) is 7.63. The molecule has 82 valence electrons. The molecule has 0 bridgehead atoms. The molecule has 0 fully saturated rings. The van der Waals surface area contributed by atoms with Crippen molar-refractivity contribution in [3.05, 3.63) is 41.6 Å². The average Bonchev–Trinajstić information content (AvgIpc) is 2.32. The number of carbonyl (C=O) groups excluding carboxylic acids is 1. The number of pyridine rings is 1. The van der Waals surface area contributed by atoms with Crippen LogP contribution in [-0.2, 0) is 4.74 Å². The lowest BCUT2D eigenvalue weighted by atomic mass is 10.1. The van der Waals surface area contributed by atoms with Gasteiger partial charge in [-0.05, 0) is 18.2 Å². The second-order valence-electron chi connectivity index (χ2n) is 3.14. The number of hydrogen-bond donors (Lipinski definition) is 0. The highest BCUT2D eigenvalue weighted by atomic mass is 19.2. The van der Waals surface area contributed by atoms with Crippen molar-refractivity contribution < 1.29 is 18.3 Å². The summed E-state index contributed by atoms with van der Waals surface area (Å²) >= 11 is 0. The van der Waals surface area contributed by atoms with Crippen LogP contribution in [0.1, 0.15) is 10.4 Å². The summed E-state index contributed by atoms with van der Waals surface area (Å²) in [5.74, 6) is -2.63. The van der Waals surface area contributed by atoms with Crippen molar-refractivity contribution >= 4 is 16.9 Å². The monoisotopic (exact) mass is 223 g/mol. The molecule has 2 rings (SSSR count). The zero-order chi connectivity index (χ0) is 11.7. The Bertz CT molecular complexity index is 569. The van der Waals surface area contributed by atoms with E-state index in [-0.39, 0.29) is 16.5 Å². The Morgan fingerprint density at radius 2 is 2.12 bits per heavy atom. The maximum absolute atomic E-state index is 13.4. The van der Waals surface area contributed by atoms with Crippen LogP contribution >= 0.6 is 0 Å². The average molecular weight is 223 g/mol. The third kappa shape index (κ3) is 1.60. The smallest absolute Gasteiger partial charge is 0.339 e. The second-order valence-corrected chi connectivity index (χ2v) is 3.14. The van der Waals surface area contributed by atoms with Crippen LogP contribution in [0.4, 0.5) is 8.78 Å². The van der Waals surface area contributed by atoms with E-state index in [0.717, 1.165) is 6.07 Å². The van der Waals surface area contributed by atoms with E-state index in [0.29, 0.717) is 0 Å². The van der Waals surface area contributed by atoms with Crippen LogP contribution in [0.2, 0.25) is 0 Å². The maximum Gasteiger partial charge on any atom is 0.339 e. The lowest BCUT2D eigenvalue weighted by Crippen LogP contribution is -2.02. The molecule has 0 radical (unpaired) electrons. The highest BCUT2D eigenvalue weighted by Gasteiger charge is 2.12. The minimum absolute atomic E-state index is 0.0390. The fraction of sp³-hybridized carbons (Fsp3) is 0.0909. The van der Waals surface area contributed by atoms with E-state index in [1.807, 2.05) is 0 Å². The predicted molar refractivity (Wildman–Crippen MR) is 53.0 cm³/mol. The summed E-state index contributed by atoms with van der Waals surface area (Å²) in [6.45, 7) is 0. The first-order valence-electron chi connectivity index (χ1n) is 4.45. The van der Waals surface area contributed by atoms with E-state index in [1.54, 1.807) is 0 Å². The maximum atomic E-state index is 13.4. The van der Waals surface area contributed by atoms with Gasteiger partial charge in [0.2, 0.25) is 0 Å². The van der Waals surface area contributed by atoms with E-state index in [1.165, 1.54) is 25.4 Å². The molecule has 16 heavy (non-hydrogen) atoms. The predicted octanol–water partition coefficient (Wildman–Crippen LogP) is 2.30. The number of hydrogen-bond acceptors (Lipinski definition) is 3. The Hall–Kier alpha value is -2.04. The van der Waals surface area contributed by atoms with E-state index in [9.17, 15) is 13.6 Å². The first-order valence-corrected chi connectivity index (χ1v) is 4.45. The number of aromatic nitrogens is 1. The first kappa shape index (κ1) is 10.5. The van der Waals surface area contributed by atoms with Crippen LogP contribution in [0.15, 0.2) is 24.4 Å². The molecule has 2 aromatic rings. The molecule has 1 heterocycles. The van der Waals surface area contributed by atoms with Gasteiger partial charge in [-0.1, -0.05) is 0 Å². The number of nitrogens with zero attached hydrogens (tertiary/aromatic N) is 1. The van der Waals surface area contributed by atoms with Gasteiger partial charge < -0.3 is 4.74 Å². The Labute approximate surface area is 89.7 Å². The molecule has 5 heteroatoms. The van der Waals surface area contributed by atoms with Gasteiger partial charge >= 0.3 is 5.97 Å². The number of rotatable bonds is 1. The molecule has 0 saturated carbocycles. The molecule has 0 amide bonds. The van der Waals surface area contributed by atoms with Crippen molar-refractivity contribution in [1.29, 1.82) is 0 Å². The van der Waals surface area contributed by atoms with Crippen LogP contribution in [0.5, 0.6) is 0 Å². The van der Waals surface area contributed by atoms with E-state index in [2.05, 4.69) is 9.72 Å². The Kier molecular flexibility index (Phi) is 2.52. The molecular formula is C11H7F2NO2. The SMILES string of the molecule is COC(=O)c1cnc2ccc(F)c(F)c2c1. The minimum Gasteiger partial charge on any atom is -0.465 e. The third-order valence-corrected chi connectivity index (χ3v) is 2.17. The Morgan fingerprint density at radius 1 is 1.38 bits per heavy atom. The lowest BCUT2D eigenvalue weighted by molar-refractivity contribution is 0.0600. The van der Waals surface area contributed by atoms with Gasteiger partial charge in [0.25, 0.3) is 0 Å². The molecule has 0 unspecified atom stereocenters. The van der Waals surface area contributed by atoms with Crippen molar-refractivity contribution in [1.82, 2.24) is 4.98 Å². The standard InChI is InChI=1S/C11H7F2NO2/c1-16-11(15)6-4-7-9(14-5-6)3-2-8(12)10(7)13/h2-5H,1H3. The quantitative estimate of drug-likeness (QED) is 0.696. The van der Waals surface area contributed by atoms with Crippen LogP contribution in [-0.4, -0.2) is 18.1 Å². The number of fused-ring (bicyclic) bond motifs is 1. The van der Waals surface area contributed by atoms with Crippen molar-refractivity contribution in [2.75, 3.05) is 7.11 Å². The summed E-state index contributed by atoms with van der Waals surface area (Å²) < 4.78 is 30.8. The largest absolute Gasteiger partial charge is 0.465 e. The molecule has 1 aromatic heterocycles. The molecule has 0 atom stereocenters. The Balaban J connectivity index is 2.69. The molecule has 0 saturated heterocycles. The Morgan fingerprint density at radius 3 is 2.81 bits per heavy atom. The van der Waals surface area contributed by atoms with E-state index >= 15 is 0 Å². The van der Waals surface area contributed by atoms with Gasteiger partial charge in [0.15, 0.2) is 11.6 Å². The van der Waals surface area contributed by atoms with Gasteiger partial charge in [-0.15, -0.1) is 0 Å². The van der Waals surface area contributed by atoms with Crippen LogP contribution in [0, 0.1) is 11.6 Å². The van der Waals surface area contributed by atoms with Crippen molar-refractivity contribution in [2.24, 2.45) is 0 Å². The van der Waals surface area contributed by atoms with Gasteiger partial charge in [-0.25, -0.2) is 13.6 Å². The molecule has 0 spiro atoms. The summed E-state index contributed by atoms with van der Waals surface area (Å²) in [7, 11) is 1.20.